The number of benzene rings is 2. The van der Waals surface area contributed by atoms with Gasteiger partial charge < -0.3 is 4.90 Å². The Hall–Kier alpha value is -1.66. The number of amides is 1. The Kier molecular flexibility index (Phi) is 6.79. The Labute approximate surface area is 162 Å². The van der Waals surface area contributed by atoms with Crippen LogP contribution in [0.15, 0.2) is 48.5 Å². The van der Waals surface area contributed by atoms with E-state index in [9.17, 15) is 4.79 Å². The van der Waals surface area contributed by atoms with Crippen molar-refractivity contribution in [1.82, 2.24) is 9.88 Å². The van der Waals surface area contributed by atoms with Crippen molar-refractivity contribution in [2.24, 2.45) is 0 Å². The third-order valence-electron chi connectivity index (χ3n) is 3.62. The molecule has 0 atom stereocenters. The van der Waals surface area contributed by atoms with Crippen LogP contribution < -0.4 is 4.90 Å². The first kappa shape index (κ1) is 19.7. The second-order valence-electron chi connectivity index (χ2n) is 5.73. The molecule has 0 aliphatic carbocycles. The number of hydrogen-bond donors (Lipinski definition) is 0. The third kappa shape index (κ3) is 4.70. The van der Waals surface area contributed by atoms with Crippen LogP contribution in [0, 0.1) is 0 Å². The molecule has 0 aliphatic heterocycles. The van der Waals surface area contributed by atoms with Gasteiger partial charge in [0.15, 0.2) is 5.13 Å². The number of aromatic nitrogens is 1. The first-order chi connectivity index (χ1) is 11.5. The highest BCUT2D eigenvalue weighted by Crippen LogP contribution is 2.29. The average molecular weight is 396 g/mol. The van der Waals surface area contributed by atoms with Gasteiger partial charge in [0.25, 0.3) is 5.91 Å². The van der Waals surface area contributed by atoms with Crippen LogP contribution in [-0.4, -0.2) is 43.0 Å². The van der Waals surface area contributed by atoms with Crippen LogP contribution in [0.4, 0.5) is 5.13 Å². The Morgan fingerprint density at radius 2 is 1.76 bits per heavy atom. The molecular formula is C18H19Cl2N3OS. The molecule has 0 saturated carbocycles. The number of fused-ring (bicyclic) bond motifs is 1. The number of anilines is 1. The van der Waals surface area contributed by atoms with Crippen LogP contribution in [0.5, 0.6) is 0 Å². The molecule has 3 rings (SSSR count). The fourth-order valence-electron chi connectivity index (χ4n) is 2.31. The topological polar surface area (TPSA) is 36.4 Å². The lowest BCUT2D eigenvalue weighted by atomic mass is 10.2. The maximum atomic E-state index is 13.0. The van der Waals surface area contributed by atoms with Crippen LogP contribution in [-0.2, 0) is 0 Å². The zero-order valence-electron chi connectivity index (χ0n) is 14.0. The molecule has 4 nitrogen and oxygen atoms in total. The summed E-state index contributed by atoms with van der Waals surface area (Å²) in [5.74, 6) is -0.0624. The molecular weight excluding hydrogens is 377 g/mol. The van der Waals surface area contributed by atoms with Gasteiger partial charge >= 0.3 is 0 Å². The van der Waals surface area contributed by atoms with E-state index in [2.05, 4.69) is 9.88 Å². The Morgan fingerprint density at radius 3 is 2.40 bits per heavy atom. The number of thiazole rings is 1. The number of carbonyl (C=O) groups excluding carboxylic acids is 1. The van der Waals surface area contributed by atoms with Crippen LogP contribution in [0.25, 0.3) is 10.2 Å². The highest BCUT2D eigenvalue weighted by atomic mass is 35.5. The maximum Gasteiger partial charge on any atom is 0.260 e. The number of hydrogen-bond acceptors (Lipinski definition) is 4. The number of nitrogens with zero attached hydrogens (tertiary/aromatic N) is 3. The van der Waals surface area contributed by atoms with Crippen molar-refractivity contribution in [2.75, 3.05) is 32.1 Å². The van der Waals surface area contributed by atoms with Crippen LogP contribution in [0.3, 0.4) is 0 Å². The van der Waals surface area contributed by atoms with Crippen molar-refractivity contribution in [3.8, 4) is 0 Å². The van der Waals surface area contributed by atoms with Crippen molar-refractivity contribution in [3.05, 3.63) is 59.1 Å². The molecule has 25 heavy (non-hydrogen) atoms. The first-order valence-electron chi connectivity index (χ1n) is 7.62. The summed E-state index contributed by atoms with van der Waals surface area (Å²) in [7, 11) is 3.98. The quantitative estimate of drug-likeness (QED) is 0.634. The minimum Gasteiger partial charge on any atom is -0.308 e. The van der Waals surface area contributed by atoms with Gasteiger partial charge in [-0.1, -0.05) is 35.1 Å². The van der Waals surface area contributed by atoms with Crippen molar-refractivity contribution in [3.63, 3.8) is 0 Å². The standard InChI is InChI=1S/C18H18ClN3OS.ClH/c1-21(2)11-12-22(17(23)13-7-9-14(19)10-8-13)18-20-15-5-3-4-6-16(15)24-18;/h3-10H,11-12H2,1-2H3;1H. The predicted molar refractivity (Wildman–Crippen MR) is 109 cm³/mol. The van der Waals surface area contributed by atoms with E-state index in [1.54, 1.807) is 29.2 Å². The van der Waals surface area contributed by atoms with Gasteiger partial charge in [-0.25, -0.2) is 4.98 Å². The van der Waals surface area contributed by atoms with E-state index in [-0.39, 0.29) is 18.3 Å². The molecule has 0 N–H and O–H groups in total. The van der Waals surface area contributed by atoms with Crippen molar-refractivity contribution < 1.29 is 4.79 Å². The van der Waals surface area contributed by atoms with Crippen LogP contribution in [0.2, 0.25) is 5.02 Å². The molecule has 0 unspecified atom stereocenters. The summed E-state index contributed by atoms with van der Waals surface area (Å²) >= 11 is 7.46. The number of likely N-dealkylation sites (N-methyl/N-ethyl adjacent to an activating group) is 1. The predicted octanol–water partition coefficient (Wildman–Crippen LogP) is 4.58. The van der Waals surface area contributed by atoms with E-state index in [0.29, 0.717) is 17.1 Å². The normalized spacial score (nSPS) is 10.7. The fraction of sp³-hybridized carbons (Fsp3) is 0.222. The highest BCUT2D eigenvalue weighted by molar-refractivity contribution is 7.22. The summed E-state index contributed by atoms with van der Waals surface area (Å²) in [5.41, 5.74) is 1.52. The lowest BCUT2D eigenvalue weighted by molar-refractivity contribution is 0.0985. The van der Waals surface area contributed by atoms with Crippen LogP contribution in [0.1, 0.15) is 10.4 Å². The fourth-order valence-corrected chi connectivity index (χ4v) is 3.42. The average Bonchev–Trinajstić information content (AvgIpc) is 2.99. The summed E-state index contributed by atoms with van der Waals surface area (Å²) in [6.45, 7) is 1.34. The summed E-state index contributed by atoms with van der Waals surface area (Å²) < 4.78 is 1.08. The summed E-state index contributed by atoms with van der Waals surface area (Å²) in [6, 6.07) is 14.9. The SMILES string of the molecule is CN(C)CCN(C(=O)c1ccc(Cl)cc1)c1nc2ccccc2s1.Cl. The van der Waals surface area contributed by atoms with Gasteiger partial charge in [-0.2, -0.15) is 0 Å². The van der Waals surface area contributed by atoms with Gasteiger partial charge in [0.05, 0.1) is 10.2 Å². The largest absolute Gasteiger partial charge is 0.308 e. The van der Waals surface area contributed by atoms with Gasteiger partial charge in [0.2, 0.25) is 0 Å². The molecule has 1 aromatic heterocycles. The van der Waals surface area contributed by atoms with E-state index in [1.807, 2.05) is 38.4 Å². The molecule has 0 radical (unpaired) electrons. The van der Waals surface area contributed by atoms with Gasteiger partial charge in [0, 0.05) is 23.7 Å². The van der Waals surface area contributed by atoms with Crippen molar-refractivity contribution >= 4 is 56.6 Å². The molecule has 1 amide bonds. The van der Waals surface area contributed by atoms with Gasteiger partial charge in [-0.3, -0.25) is 9.69 Å². The van der Waals surface area contributed by atoms with E-state index in [4.69, 9.17) is 11.6 Å². The molecule has 0 aliphatic rings. The van der Waals surface area contributed by atoms with Crippen LogP contribution >= 0.6 is 35.3 Å². The zero-order valence-corrected chi connectivity index (χ0v) is 16.4. The second kappa shape index (κ2) is 8.63. The van der Waals surface area contributed by atoms with E-state index in [1.165, 1.54) is 11.3 Å². The lowest BCUT2D eigenvalue weighted by Crippen LogP contribution is -2.36. The van der Waals surface area contributed by atoms with E-state index < -0.39 is 0 Å². The monoisotopic (exact) mass is 395 g/mol. The highest BCUT2D eigenvalue weighted by Gasteiger charge is 2.21. The molecule has 0 saturated heterocycles. The number of halogens is 2. The number of rotatable bonds is 5. The molecule has 2 aromatic carbocycles. The Balaban J connectivity index is 0.00000225. The van der Waals surface area contributed by atoms with E-state index in [0.717, 1.165) is 21.9 Å². The molecule has 0 bridgehead atoms. The lowest BCUT2D eigenvalue weighted by Gasteiger charge is -2.22. The van der Waals surface area contributed by atoms with Gasteiger partial charge in [-0.05, 0) is 50.5 Å². The summed E-state index contributed by atoms with van der Waals surface area (Å²) in [4.78, 5) is 21.4. The zero-order chi connectivity index (χ0) is 17.1. The van der Waals surface area contributed by atoms with Gasteiger partial charge in [0.1, 0.15) is 0 Å². The summed E-state index contributed by atoms with van der Waals surface area (Å²) in [5, 5.41) is 1.34. The molecule has 0 fully saturated rings. The van der Waals surface area contributed by atoms with Gasteiger partial charge in [-0.15, -0.1) is 12.4 Å². The number of para-hydroxylation sites is 1. The third-order valence-corrected chi connectivity index (χ3v) is 4.93. The Bertz CT molecular complexity index is 816. The molecule has 1 heterocycles. The Morgan fingerprint density at radius 1 is 1.08 bits per heavy atom. The molecule has 0 spiro atoms. The second-order valence-corrected chi connectivity index (χ2v) is 7.18. The van der Waals surface area contributed by atoms with Crippen molar-refractivity contribution in [2.45, 2.75) is 0 Å². The molecule has 7 heteroatoms. The molecule has 3 aromatic rings. The first-order valence-corrected chi connectivity index (χ1v) is 8.82. The summed E-state index contributed by atoms with van der Waals surface area (Å²) in [6.07, 6.45) is 0. The smallest absolute Gasteiger partial charge is 0.260 e. The van der Waals surface area contributed by atoms with E-state index >= 15 is 0 Å². The molecule has 132 valence electrons. The minimum atomic E-state index is -0.0624. The maximum absolute atomic E-state index is 13.0. The number of carbonyl (C=O) groups is 1. The van der Waals surface area contributed by atoms with Crippen molar-refractivity contribution in [1.29, 1.82) is 0 Å². The minimum absolute atomic E-state index is 0.